The van der Waals surface area contributed by atoms with Crippen molar-refractivity contribution in [3.8, 4) is 5.88 Å². The fraction of sp³-hybridized carbons (Fsp3) is 0.444. The number of aromatic nitrogens is 1. The van der Waals surface area contributed by atoms with Crippen molar-refractivity contribution in [1.82, 2.24) is 4.98 Å². The highest BCUT2D eigenvalue weighted by atomic mass is 16.5. The molecule has 1 aliphatic rings. The van der Waals surface area contributed by atoms with Crippen molar-refractivity contribution < 1.29 is 9.53 Å². The third kappa shape index (κ3) is 3.07. The van der Waals surface area contributed by atoms with Gasteiger partial charge in [-0.3, -0.25) is 4.79 Å². The average molecular weight is 283 g/mol. The van der Waals surface area contributed by atoms with Crippen molar-refractivity contribution in [2.75, 3.05) is 0 Å². The zero-order chi connectivity index (χ0) is 14.9. The number of nitrogens with zero attached hydrogens (tertiary/aromatic N) is 1. The van der Waals surface area contributed by atoms with Gasteiger partial charge in [0.05, 0.1) is 11.1 Å². The van der Waals surface area contributed by atoms with Gasteiger partial charge in [0.2, 0.25) is 5.88 Å². The van der Waals surface area contributed by atoms with Gasteiger partial charge in [0, 0.05) is 5.39 Å². The summed E-state index contributed by atoms with van der Waals surface area (Å²) >= 11 is 0. The van der Waals surface area contributed by atoms with Crippen LogP contribution in [0.1, 0.15) is 49.9 Å². The highest BCUT2D eigenvalue weighted by molar-refractivity contribution is 5.88. The third-order valence-corrected chi connectivity index (χ3v) is 4.41. The smallest absolute Gasteiger partial charge is 0.224 e. The van der Waals surface area contributed by atoms with Crippen LogP contribution < -0.4 is 4.74 Å². The van der Waals surface area contributed by atoms with Gasteiger partial charge in [-0.05, 0) is 43.2 Å². The molecule has 1 aromatic carbocycles. The van der Waals surface area contributed by atoms with E-state index in [1.54, 1.807) is 0 Å². The zero-order valence-corrected chi connectivity index (χ0v) is 12.6. The maximum Gasteiger partial charge on any atom is 0.224 e. The fourth-order valence-electron chi connectivity index (χ4n) is 2.94. The molecule has 0 atom stereocenters. The number of hydrogen-bond donors (Lipinski definition) is 0. The first-order valence-electron chi connectivity index (χ1n) is 7.59. The summed E-state index contributed by atoms with van der Waals surface area (Å²) in [5.74, 6) is 0.480. The summed E-state index contributed by atoms with van der Waals surface area (Å²) in [6.45, 7) is 4.60. The summed E-state index contributed by atoms with van der Waals surface area (Å²) in [4.78, 5) is 15.8. The largest absolute Gasteiger partial charge is 0.474 e. The van der Waals surface area contributed by atoms with Crippen LogP contribution in [0.3, 0.4) is 0 Å². The van der Waals surface area contributed by atoms with E-state index in [1.807, 2.05) is 30.3 Å². The summed E-state index contributed by atoms with van der Waals surface area (Å²) < 4.78 is 6.04. The minimum atomic E-state index is 0.172. The molecule has 1 aromatic heterocycles. The number of para-hydroxylation sites is 1. The number of hydrogen-bond acceptors (Lipinski definition) is 3. The number of carbonyl (C=O) groups excluding carboxylic acids is 1. The predicted molar refractivity (Wildman–Crippen MR) is 83.8 cm³/mol. The SMILES string of the molecule is CC1(C)CCC(Oc2nc3ccccc3cc2C=O)CC1. The Bertz CT molecular complexity index is 653. The lowest BCUT2D eigenvalue weighted by molar-refractivity contribution is 0.0928. The van der Waals surface area contributed by atoms with Crippen LogP contribution in [0, 0.1) is 5.41 Å². The summed E-state index contributed by atoms with van der Waals surface area (Å²) in [5.41, 5.74) is 1.82. The van der Waals surface area contributed by atoms with E-state index in [4.69, 9.17) is 4.74 Å². The van der Waals surface area contributed by atoms with E-state index in [0.717, 1.165) is 42.9 Å². The van der Waals surface area contributed by atoms with Gasteiger partial charge >= 0.3 is 0 Å². The first-order valence-corrected chi connectivity index (χ1v) is 7.59. The van der Waals surface area contributed by atoms with Gasteiger partial charge in [0.1, 0.15) is 6.10 Å². The monoisotopic (exact) mass is 283 g/mol. The van der Waals surface area contributed by atoms with E-state index in [1.165, 1.54) is 0 Å². The zero-order valence-electron chi connectivity index (χ0n) is 12.6. The molecule has 1 aliphatic carbocycles. The molecule has 0 spiro atoms. The number of aldehydes is 1. The van der Waals surface area contributed by atoms with Crippen LogP contribution in [0.25, 0.3) is 10.9 Å². The van der Waals surface area contributed by atoms with Gasteiger partial charge in [0.15, 0.2) is 6.29 Å². The van der Waals surface area contributed by atoms with Gasteiger partial charge in [-0.15, -0.1) is 0 Å². The maximum absolute atomic E-state index is 11.3. The molecule has 1 saturated carbocycles. The van der Waals surface area contributed by atoms with Gasteiger partial charge < -0.3 is 4.74 Å². The molecule has 2 aromatic rings. The molecule has 3 rings (SSSR count). The lowest BCUT2D eigenvalue weighted by atomic mass is 9.76. The molecule has 0 N–H and O–H groups in total. The quantitative estimate of drug-likeness (QED) is 0.784. The van der Waals surface area contributed by atoms with Crippen molar-refractivity contribution in [1.29, 1.82) is 0 Å². The Kier molecular flexibility index (Phi) is 3.66. The van der Waals surface area contributed by atoms with Crippen LogP contribution in [0.2, 0.25) is 0 Å². The molecule has 110 valence electrons. The number of pyridine rings is 1. The number of benzene rings is 1. The van der Waals surface area contributed by atoms with Gasteiger partial charge in [-0.2, -0.15) is 0 Å². The van der Waals surface area contributed by atoms with E-state index >= 15 is 0 Å². The molecule has 0 amide bonds. The van der Waals surface area contributed by atoms with Crippen LogP contribution in [0.15, 0.2) is 30.3 Å². The number of fused-ring (bicyclic) bond motifs is 1. The summed E-state index contributed by atoms with van der Waals surface area (Å²) in [6.07, 6.45) is 5.37. The summed E-state index contributed by atoms with van der Waals surface area (Å²) in [6, 6.07) is 9.66. The van der Waals surface area contributed by atoms with Crippen LogP contribution in [-0.4, -0.2) is 17.4 Å². The van der Waals surface area contributed by atoms with Crippen molar-refractivity contribution in [2.24, 2.45) is 5.41 Å². The lowest BCUT2D eigenvalue weighted by Gasteiger charge is -2.34. The second-order valence-corrected chi connectivity index (χ2v) is 6.67. The van der Waals surface area contributed by atoms with Crippen LogP contribution in [0.4, 0.5) is 0 Å². The van der Waals surface area contributed by atoms with Crippen LogP contribution in [0.5, 0.6) is 5.88 Å². The van der Waals surface area contributed by atoms with Gasteiger partial charge in [-0.1, -0.05) is 32.0 Å². The molecule has 21 heavy (non-hydrogen) atoms. The molecular weight excluding hydrogens is 262 g/mol. The average Bonchev–Trinajstić information content (AvgIpc) is 2.48. The molecule has 0 bridgehead atoms. The first kappa shape index (κ1) is 14.1. The minimum absolute atomic E-state index is 0.172. The molecule has 0 radical (unpaired) electrons. The molecule has 3 heteroatoms. The van der Waals surface area contributed by atoms with E-state index in [9.17, 15) is 4.79 Å². The normalized spacial score (nSPS) is 18.6. The number of rotatable bonds is 3. The van der Waals surface area contributed by atoms with Gasteiger partial charge in [0.25, 0.3) is 0 Å². The van der Waals surface area contributed by atoms with E-state index in [-0.39, 0.29) is 6.10 Å². The Balaban J connectivity index is 1.84. The predicted octanol–water partition coefficient (Wildman–Crippen LogP) is 4.39. The molecule has 0 saturated heterocycles. The Morgan fingerprint density at radius 1 is 1.24 bits per heavy atom. The second-order valence-electron chi connectivity index (χ2n) is 6.67. The van der Waals surface area contributed by atoms with E-state index in [2.05, 4.69) is 18.8 Å². The molecule has 3 nitrogen and oxygen atoms in total. The highest BCUT2D eigenvalue weighted by Gasteiger charge is 2.28. The molecule has 1 heterocycles. The maximum atomic E-state index is 11.3. The Morgan fingerprint density at radius 2 is 1.95 bits per heavy atom. The van der Waals surface area contributed by atoms with Crippen molar-refractivity contribution in [3.05, 3.63) is 35.9 Å². The van der Waals surface area contributed by atoms with Crippen molar-refractivity contribution >= 4 is 17.2 Å². The van der Waals surface area contributed by atoms with E-state index < -0.39 is 0 Å². The minimum Gasteiger partial charge on any atom is -0.474 e. The topological polar surface area (TPSA) is 39.2 Å². The third-order valence-electron chi connectivity index (χ3n) is 4.41. The number of ether oxygens (including phenoxy) is 1. The fourth-order valence-corrected chi connectivity index (χ4v) is 2.94. The Morgan fingerprint density at radius 3 is 2.67 bits per heavy atom. The standard InChI is InChI=1S/C18H21NO2/c1-18(2)9-7-15(8-10-18)21-17-14(12-20)11-13-5-3-4-6-16(13)19-17/h3-6,11-12,15H,7-10H2,1-2H3. The van der Waals surface area contributed by atoms with Crippen LogP contribution in [-0.2, 0) is 0 Å². The Hall–Kier alpha value is -1.90. The highest BCUT2D eigenvalue weighted by Crippen LogP contribution is 2.36. The molecule has 0 unspecified atom stereocenters. The molecule has 0 aliphatic heterocycles. The van der Waals surface area contributed by atoms with Crippen LogP contribution >= 0.6 is 0 Å². The van der Waals surface area contributed by atoms with Crippen molar-refractivity contribution in [2.45, 2.75) is 45.6 Å². The van der Waals surface area contributed by atoms with Crippen molar-refractivity contribution in [3.63, 3.8) is 0 Å². The summed E-state index contributed by atoms with van der Waals surface area (Å²) in [5, 5.41) is 0.969. The Labute approximate surface area is 125 Å². The van der Waals surface area contributed by atoms with E-state index in [0.29, 0.717) is 16.9 Å². The lowest BCUT2D eigenvalue weighted by Crippen LogP contribution is -2.28. The molecular formula is C18H21NO2. The number of carbonyl (C=O) groups is 1. The summed E-state index contributed by atoms with van der Waals surface area (Å²) in [7, 11) is 0. The van der Waals surface area contributed by atoms with Gasteiger partial charge in [-0.25, -0.2) is 4.98 Å². The molecule has 1 fully saturated rings. The second kappa shape index (κ2) is 5.47. The first-order chi connectivity index (χ1) is 10.1.